The zero-order valence-electron chi connectivity index (χ0n) is 11.4. The van der Waals surface area contributed by atoms with Gasteiger partial charge < -0.3 is 10.4 Å². The molecule has 0 aromatic heterocycles. The number of hydrogen-bond donors (Lipinski definition) is 3. The summed E-state index contributed by atoms with van der Waals surface area (Å²) in [6.45, 7) is 10.5. The summed E-state index contributed by atoms with van der Waals surface area (Å²) < 4.78 is 0. The summed E-state index contributed by atoms with van der Waals surface area (Å²) in [4.78, 5) is 11.6. The number of carbonyl (C=O) groups excluding carboxylic acids is 1. The first-order valence-corrected chi connectivity index (χ1v) is 6.05. The van der Waals surface area contributed by atoms with Gasteiger partial charge in [0.15, 0.2) is 0 Å². The molecular formula is C13H24N2O2. The third-order valence-corrected chi connectivity index (χ3v) is 2.61. The fraction of sp³-hybridized carbons (Fsp3) is 0.769. The second-order valence-corrected chi connectivity index (χ2v) is 6.53. The Morgan fingerprint density at radius 1 is 1.53 bits per heavy atom. The molecule has 17 heavy (non-hydrogen) atoms. The number of rotatable bonds is 3. The molecule has 1 heterocycles. The van der Waals surface area contributed by atoms with Crippen LogP contribution in [0.25, 0.3) is 0 Å². The summed E-state index contributed by atoms with van der Waals surface area (Å²) in [7, 11) is 0. The van der Waals surface area contributed by atoms with Crippen molar-refractivity contribution in [3.8, 4) is 0 Å². The smallest absolute Gasteiger partial charge is 0.220 e. The summed E-state index contributed by atoms with van der Waals surface area (Å²) in [6.07, 6.45) is 2.28. The van der Waals surface area contributed by atoms with Crippen LogP contribution in [0.4, 0.5) is 0 Å². The first-order chi connectivity index (χ1) is 7.59. The molecule has 0 aromatic carbocycles. The molecule has 0 bridgehead atoms. The van der Waals surface area contributed by atoms with E-state index in [1.807, 2.05) is 34.6 Å². The van der Waals surface area contributed by atoms with Crippen LogP contribution in [0.2, 0.25) is 0 Å². The molecule has 0 spiro atoms. The molecule has 0 saturated heterocycles. The average molecular weight is 240 g/mol. The predicted molar refractivity (Wildman–Crippen MR) is 68.8 cm³/mol. The van der Waals surface area contributed by atoms with Gasteiger partial charge in [0.05, 0.1) is 6.04 Å². The standard InChI is InChI=1S/C13H24N2O2/c1-12(2,3)7-11(17)14-8-9-10(16)6-13(4,5)15-9/h6,9,15-16H,7-8H2,1-5H3,(H,14,17)/t9-/m1/s1. The topological polar surface area (TPSA) is 61.4 Å². The summed E-state index contributed by atoms with van der Waals surface area (Å²) >= 11 is 0. The van der Waals surface area contributed by atoms with Crippen molar-refractivity contribution in [1.82, 2.24) is 10.6 Å². The maximum Gasteiger partial charge on any atom is 0.220 e. The van der Waals surface area contributed by atoms with Crippen LogP contribution in [0.1, 0.15) is 41.0 Å². The van der Waals surface area contributed by atoms with E-state index in [0.29, 0.717) is 18.7 Å². The zero-order chi connectivity index (χ0) is 13.3. The fourth-order valence-corrected chi connectivity index (χ4v) is 1.95. The molecule has 1 atom stereocenters. The van der Waals surface area contributed by atoms with Crippen LogP contribution >= 0.6 is 0 Å². The van der Waals surface area contributed by atoms with Crippen molar-refractivity contribution >= 4 is 5.91 Å². The van der Waals surface area contributed by atoms with E-state index in [2.05, 4.69) is 10.6 Å². The van der Waals surface area contributed by atoms with Gasteiger partial charge >= 0.3 is 0 Å². The molecule has 4 heteroatoms. The Labute approximate surface area is 103 Å². The van der Waals surface area contributed by atoms with E-state index in [-0.39, 0.29) is 22.9 Å². The minimum absolute atomic E-state index is 0.00958. The number of aliphatic hydroxyl groups is 1. The number of amides is 1. The number of nitrogens with one attached hydrogen (secondary N) is 2. The summed E-state index contributed by atoms with van der Waals surface area (Å²) in [5.41, 5.74) is -0.214. The van der Waals surface area contributed by atoms with E-state index in [1.165, 1.54) is 0 Å². The van der Waals surface area contributed by atoms with Crippen LogP contribution in [-0.4, -0.2) is 29.1 Å². The van der Waals surface area contributed by atoms with Gasteiger partial charge in [-0.1, -0.05) is 20.8 Å². The maximum absolute atomic E-state index is 11.6. The van der Waals surface area contributed by atoms with E-state index in [4.69, 9.17) is 0 Å². The number of carbonyl (C=O) groups is 1. The van der Waals surface area contributed by atoms with Gasteiger partial charge in [-0.25, -0.2) is 0 Å². The molecule has 1 aliphatic rings. The minimum Gasteiger partial charge on any atom is -0.511 e. The Morgan fingerprint density at radius 3 is 2.53 bits per heavy atom. The van der Waals surface area contributed by atoms with Crippen LogP contribution < -0.4 is 10.6 Å². The monoisotopic (exact) mass is 240 g/mol. The Bertz CT molecular complexity index is 327. The fourth-order valence-electron chi connectivity index (χ4n) is 1.95. The molecule has 0 radical (unpaired) electrons. The van der Waals surface area contributed by atoms with Gasteiger partial charge in [-0.05, 0) is 25.3 Å². The molecule has 0 unspecified atom stereocenters. The van der Waals surface area contributed by atoms with E-state index in [1.54, 1.807) is 6.08 Å². The lowest BCUT2D eigenvalue weighted by molar-refractivity contribution is -0.122. The Morgan fingerprint density at radius 2 is 2.12 bits per heavy atom. The first kappa shape index (κ1) is 14.0. The zero-order valence-corrected chi connectivity index (χ0v) is 11.4. The highest BCUT2D eigenvalue weighted by atomic mass is 16.3. The van der Waals surface area contributed by atoms with Crippen LogP contribution in [0.5, 0.6) is 0 Å². The molecule has 4 nitrogen and oxygen atoms in total. The van der Waals surface area contributed by atoms with Gasteiger partial charge in [0.25, 0.3) is 0 Å². The molecule has 1 aliphatic heterocycles. The first-order valence-electron chi connectivity index (χ1n) is 6.05. The van der Waals surface area contributed by atoms with E-state index >= 15 is 0 Å². The van der Waals surface area contributed by atoms with Gasteiger partial charge in [0, 0.05) is 18.5 Å². The number of hydrogen-bond acceptors (Lipinski definition) is 3. The van der Waals surface area contributed by atoms with E-state index in [9.17, 15) is 9.90 Å². The van der Waals surface area contributed by atoms with Gasteiger partial charge in [-0.3, -0.25) is 10.1 Å². The normalized spacial score (nSPS) is 23.4. The van der Waals surface area contributed by atoms with Gasteiger partial charge in [-0.15, -0.1) is 0 Å². The van der Waals surface area contributed by atoms with Crippen molar-refractivity contribution in [2.24, 2.45) is 5.41 Å². The van der Waals surface area contributed by atoms with Gasteiger partial charge in [0.1, 0.15) is 5.76 Å². The minimum atomic E-state index is -0.205. The molecule has 0 fully saturated rings. The lowest BCUT2D eigenvalue weighted by Gasteiger charge is -2.22. The highest BCUT2D eigenvalue weighted by molar-refractivity contribution is 5.76. The molecule has 0 aliphatic carbocycles. The third kappa shape index (κ3) is 4.77. The second-order valence-electron chi connectivity index (χ2n) is 6.53. The highest BCUT2D eigenvalue weighted by Gasteiger charge is 2.30. The summed E-state index contributed by atoms with van der Waals surface area (Å²) in [5.74, 6) is 0.336. The molecule has 1 amide bonds. The lowest BCUT2D eigenvalue weighted by atomic mass is 9.92. The van der Waals surface area contributed by atoms with Crippen LogP contribution in [0, 0.1) is 5.41 Å². The molecule has 98 valence electrons. The third-order valence-electron chi connectivity index (χ3n) is 2.61. The van der Waals surface area contributed by atoms with Crippen molar-refractivity contribution in [2.45, 2.75) is 52.6 Å². The molecule has 1 rings (SSSR count). The SMILES string of the molecule is CC(C)(C)CC(=O)NC[C@H]1NC(C)(C)C=C1O. The summed E-state index contributed by atoms with van der Waals surface area (Å²) in [5, 5.41) is 15.8. The van der Waals surface area contributed by atoms with Crippen molar-refractivity contribution in [2.75, 3.05) is 6.54 Å². The molecule has 0 aromatic rings. The van der Waals surface area contributed by atoms with Crippen LogP contribution in [-0.2, 0) is 4.79 Å². The second kappa shape index (κ2) is 4.69. The van der Waals surface area contributed by atoms with Crippen molar-refractivity contribution in [3.05, 3.63) is 11.8 Å². The summed E-state index contributed by atoms with van der Waals surface area (Å²) in [6, 6.07) is -0.172. The van der Waals surface area contributed by atoms with Crippen molar-refractivity contribution in [3.63, 3.8) is 0 Å². The van der Waals surface area contributed by atoms with Crippen LogP contribution in [0.3, 0.4) is 0 Å². The quantitative estimate of drug-likeness (QED) is 0.704. The maximum atomic E-state index is 11.6. The highest BCUT2D eigenvalue weighted by Crippen LogP contribution is 2.20. The van der Waals surface area contributed by atoms with E-state index in [0.717, 1.165) is 0 Å². The van der Waals surface area contributed by atoms with Crippen LogP contribution in [0.15, 0.2) is 11.8 Å². The Kier molecular flexibility index (Phi) is 3.87. The van der Waals surface area contributed by atoms with Gasteiger partial charge in [-0.2, -0.15) is 0 Å². The van der Waals surface area contributed by atoms with Crippen molar-refractivity contribution < 1.29 is 9.90 Å². The van der Waals surface area contributed by atoms with Gasteiger partial charge in [0.2, 0.25) is 5.91 Å². The van der Waals surface area contributed by atoms with Crippen molar-refractivity contribution in [1.29, 1.82) is 0 Å². The molecule has 0 saturated carbocycles. The Balaban J connectivity index is 2.38. The number of aliphatic hydroxyl groups excluding tert-OH is 1. The Hall–Kier alpha value is -1.03. The lowest BCUT2D eigenvalue weighted by Crippen LogP contribution is -2.45. The predicted octanol–water partition coefficient (Wildman–Crippen LogP) is 1.73. The average Bonchev–Trinajstić information content (AvgIpc) is 2.33. The molecular weight excluding hydrogens is 216 g/mol. The van der Waals surface area contributed by atoms with E-state index < -0.39 is 0 Å². The largest absolute Gasteiger partial charge is 0.511 e. The molecule has 3 N–H and O–H groups in total.